The molecule has 0 atom stereocenters. The van der Waals surface area contributed by atoms with Gasteiger partial charge in [0, 0.05) is 0 Å². The minimum atomic E-state index is 0.251. The average Bonchev–Trinajstić information content (AvgIpc) is 2.91. The zero-order chi connectivity index (χ0) is 30.3. The number of hydrogen-bond donors (Lipinski definition) is 2. The van der Waals surface area contributed by atoms with Crippen molar-refractivity contribution in [1.82, 2.24) is 0 Å². The third-order valence-electron chi connectivity index (χ3n) is 8.12. The van der Waals surface area contributed by atoms with Crippen molar-refractivity contribution in [3.63, 3.8) is 0 Å². The van der Waals surface area contributed by atoms with Crippen LogP contribution in [0.5, 0.6) is 11.5 Å². The zero-order valence-electron chi connectivity index (χ0n) is 26.1. The molecule has 0 bridgehead atoms. The minimum absolute atomic E-state index is 0.251. The Kier molecular flexibility index (Phi) is 8.01. The standard InChI is InChI=1S/C40H42O2/c1-23(2)33-13-14-34(24(3)4)40(36-12-10-32(42)22-38(36)30-19-27(7)16-28(8)20-30)39(33)35-11-9-31(41)21-37(35)29-17-25(5)15-26(6)18-29/h9-24,41-42H,1-8H3. The second-order valence-corrected chi connectivity index (χ2v) is 12.5. The summed E-state index contributed by atoms with van der Waals surface area (Å²) in [5, 5.41) is 21.5. The zero-order valence-corrected chi connectivity index (χ0v) is 26.1. The van der Waals surface area contributed by atoms with Crippen LogP contribution in [0.3, 0.4) is 0 Å². The molecule has 0 saturated carbocycles. The largest absolute Gasteiger partial charge is 0.508 e. The van der Waals surface area contributed by atoms with Gasteiger partial charge in [-0.2, -0.15) is 0 Å². The van der Waals surface area contributed by atoms with Crippen LogP contribution in [0.4, 0.5) is 0 Å². The van der Waals surface area contributed by atoms with Gasteiger partial charge >= 0.3 is 0 Å². The normalized spacial score (nSPS) is 11.5. The quantitative estimate of drug-likeness (QED) is 0.219. The summed E-state index contributed by atoms with van der Waals surface area (Å²) in [5.41, 5.74) is 16.0. The van der Waals surface area contributed by atoms with Gasteiger partial charge in [0.05, 0.1) is 0 Å². The number of aryl methyl sites for hydroxylation is 4. The van der Waals surface area contributed by atoms with Gasteiger partial charge in [-0.15, -0.1) is 0 Å². The van der Waals surface area contributed by atoms with Crippen LogP contribution < -0.4 is 0 Å². The summed E-state index contributed by atoms with van der Waals surface area (Å²) in [7, 11) is 0. The first-order chi connectivity index (χ1) is 19.9. The van der Waals surface area contributed by atoms with Crippen molar-refractivity contribution in [2.24, 2.45) is 0 Å². The number of rotatable bonds is 6. The van der Waals surface area contributed by atoms with E-state index in [0.717, 1.165) is 33.4 Å². The van der Waals surface area contributed by atoms with Gasteiger partial charge in [-0.25, -0.2) is 0 Å². The Balaban J connectivity index is 1.95. The maximum Gasteiger partial charge on any atom is 0.116 e. The summed E-state index contributed by atoms with van der Waals surface area (Å²) in [6, 6.07) is 29.3. The topological polar surface area (TPSA) is 40.5 Å². The molecular weight excluding hydrogens is 512 g/mol. The summed E-state index contributed by atoms with van der Waals surface area (Å²) in [5.74, 6) is 1.03. The molecule has 0 aromatic heterocycles. The van der Waals surface area contributed by atoms with Crippen LogP contribution in [0.25, 0.3) is 44.5 Å². The molecule has 0 radical (unpaired) electrons. The van der Waals surface area contributed by atoms with E-state index >= 15 is 0 Å². The first-order valence-corrected chi connectivity index (χ1v) is 14.9. The predicted molar refractivity (Wildman–Crippen MR) is 179 cm³/mol. The fourth-order valence-electron chi connectivity index (χ4n) is 6.42. The number of hydrogen-bond acceptors (Lipinski definition) is 2. The molecular formula is C40H42O2. The van der Waals surface area contributed by atoms with Crippen molar-refractivity contribution in [1.29, 1.82) is 0 Å². The van der Waals surface area contributed by atoms with Crippen LogP contribution in [-0.4, -0.2) is 10.2 Å². The third-order valence-corrected chi connectivity index (χ3v) is 8.12. The molecule has 5 aromatic carbocycles. The van der Waals surface area contributed by atoms with Gasteiger partial charge in [-0.05, 0) is 119 Å². The van der Waals surface area contributed by atoms with E-state index in [0.29, 0.717) is 0 Å². The number of aromatic hydroxyl groups is 2. The van der Waals surface area contributed by atoms with E-state index < -0.39 is 0 Å². The van der Waals surface area contributed by atoms with E-state index in [1.165, 1.54) is 44.5 Å². The van der Waals surface area contributed by atoms with Crippen LogP contribution in [0.15, 0.2) is 84.9 Å². The minimum Gasteiger partial charge on any atom is -0.508 e. The number of phenolic OH excluding ortho intramolecular Hbond substituents is 2. The van der Waals surface area contributed by atoms with Gasteiger partial charge in [0.15, 0.2) is 0 Å². The molecule has 2 heteroatoms. The van der Waals surface area contributed by atoms with Crippen LogP contribution in [0.1, 0.15) is 72.9 Å². The lowest BCUT2D eigenvalue weighted by atomic mass is 9.77. The molecule has 0 aliphatic heterocycles. The third kappa shape index (κ3) is 5.72. The molecule has 0 amide bonds. The summed E-state index contributed by atoms with van der Waals surface area (Å²) < 4.78 is 0. The monoisotopic (exact) mass is 554 g/mol. The van der Waals surface area contributed by atoms with Gasteiger partial charge in [-0.3, -0.25) is 0 Å². The highest BCUT2D eigenvalue weighted by Gasteiger charge is 2.25. The lowest BCUT2D eigenvalue weighted by Gasteiger charge is -2.26. The van der Waals surface area contributed by atoms with E-state index in [1.54, 1.807) is 12.1 Å². The van der Waals surface area contributed by atoms with Gasteiger partial charge in [-0.1, -0.05) is 111 Å². The lowest BCUT2D eigenvalue weighted by Crippen LogP contribution is -2.03. The van der Waals surface area contributed by atoms with Crippen LogP contribution in [0, 0.1) is 27.7 Å². The SMILES string of the molecule is Cc1cc(C)cc(-c2cc(O)ccc2-c2c(C(C)C)ccc(C(C)C)c2-c2ccc(O)cc2-c2cc(C)cc(C)c2)c1. The molecule has 2 nitrogen and oxygen atoms in total. The smallest absolute Gasteiger partial charge is 0.116 e. The number of phenols is 2. The Hall–Kier alpha value is -4.30. The maximum absolute atomic E-state index is 10.7. The van der Waals surface area contributed by atoms with Crippen LogP contribution in [0.2, 0.25) is 0 Å². The van der Waals surface area contributed by atoms with E-state index in [-0.39, 0.29) is 23.3 Å². The highest BCUT2D eigenvalue weighted by atomic mass is 16.3. The van der Waals surface area contributed by atoms with E-state index in [4.69, 9.17) is 0 Å². The molecule has 5 aromatic rings. The van der Waals surface area contributed by atoms with Crippen molar-refractivity contribution in [2.45, 2.75) is 67.2 Å². The molecule has 0 saturated heterocycles. The Labute approximate surface area is 251 Å². The molecule has 0 heterocycles. The highest BCUT2D eigenvalue weighted by molar-refractivity contribution is 5.99. The molecule has 42 heavy (non-hydrogen) atoms. The summed E-state index contributed by atoms with van der Waals surface area (Å²) in [6.07, 6.45) is 0. The first kappa shape index (κ1) is 29.2. The van der Waals surface area contributed by atoms with E-state index in [9.17, 15) is 10.2 Å². The second-order valence-electron chi connectivity index (χ2n) is 12.5. The Morgan fingerprint density at radius 2 is 0.738 bits per heavy atom. The molecule has 0 spiro atoms. The van der Waals surface area contributed by atoms with Crippen molar-refractivity contribution in [3.8, 4) is 56.0 Å². The molecule has 214 valence electrons. The molecule has 0 aliphatic carbocycles. The summed E-state index contributed by atoms with van der Waals surface area (Å²) in [4.78, 5) is 0. The van der Waals surface area contributed by atoms with Gasteiger partial charge in [0.1, 0.15) is 11.5 Å². The van der Waals surface area contributed by atoms with Gasteiger partial charge in [0.2, 0.25) is 0 Å². The van der Waals surface area contributed by atoms with Crippen LogP contribution in [-0.2, 0) is 0 Å². The second kappa shape index (κ2) is 11.5. The predicted octanol–water partition coefficient (Wildman–Crippen LogP) is 11.2. The Morgan fingerprint density at radius 3 is 1.05 bits per heavy atom. The summed E-state index contributed by atoms with van der Waals surface area (Å²) >= 11 is 0. The van der Waals surface area contributed by atoms with Crippen molar-refractivity contribution in [2.75, 3.05) is 0 Å². The van der Waals surface area contributed by atoms with E-state index in [1.807, 2.05) is 12.1 Å². The Bertz CT molecular complexity index is 1620. The number of benzene rings is 5. The lowest BCUT2D eigenvalue weighted by molar-refractivity contribution is 0.475. The van der Waals surface area contributed by atoms with Gasteiger partial charge < -0.3 is 10.2 Å². The fourth-order valence-corrected chi connectivity index (χ4v) is 6.42. The molecule has 0 unspecified atom stereocenters. The molecule has 5 rings (SSSR count). The summed E-state index contributed by atoms with van der Waals surface area (Å²) in [6.45, 7) is 17.5. The van der Waals surface area contributed by atoms with Gasteiger partial charge in [0.25, 0.3) is 0 Å². The van der Waals surface area contributed by atoms with Crippen molar-refractivity contribution in [3.05, 3.63) is 118 Å². The Morgan fingerprint density at radius 1 is 0.405 bits per heavy atom. The van der Waals surface area contributed by atoms with Crippen molar-refractivity contribution >= 4 is 0 Å². The van der Waals surface area contributed by atoms with E-state index in [2.05, 4.69) is 116 Å². The maximum atomic E-state index is 10.7. The highest BCUT2D eigenvalue weighted by Crippen LogP contribution is 2.49. The molecule has 0 aliphatic rings. The fraction of sp³-hybridized carbons (Fsp3) is 0.250. The first-order valence-electron chi connectivity index (χ1n) is 14.9. The average molecular weight is 555 g/mol. The molecule has 2 N–H and O–H groups in total. The van der Waals surface area contributed by atoms with Crippen molar-refractivity contribution < 1.29 is 10.2 Å². The van der Waals surface area contributed by atoms with Crippen LogP contribution >= 0.6 is 0 Å². The molecule has 0 fully saturated rings.